The third-order valence-corrected chi connectivity index (χ3v) is 3.28. The Hall–Kier alpha value is -2.74. The van der Waals surface area contributed by atoms with Gasteiger partial charge < -0.3 is 16.0 Å². The van der Waals surface area contributed by atoms with Crippen LogP contribution in [0, 0.1) is 11.8 Å². The van der Waals surface area contributed by atoms with Gasteiger partial charge in [0.25, 0.3) is 0 Å². The first kappa shape index (κ1) is 12.3. The third-order valence-electron chi connectivity index (χ3n) is 3.28. The molecule has 3 N–H and O–H groups in total. The van der Waals surface area contributed by atoms with Gasteiger partial charge in [0.15, 0.2) is 11.6 Å². The van der Waals surface area contributed by atoms with Crippen molar-refractivity contribution in [2.75, 3.05) is 23.0 Å². The van der Waals surface area contributed by atoms with Gasteiger partial charge in [-0.1, -0.05) is 24.1 Å². The molecule has 0 bridgehead atoms. The van der Waals surface area contributed by atoms with E-state index in [4.69, 9.17) is 5.73 Å². The smallest absolute Gasteiger partial charge is 0.209 e. The van der Waals surface area contributed by atoms with Gasteiger partial charge in [-0.25, -0.2) is 9.97 Å². The Morgan fingerprint density at radius 2 is 1.95 bits per heavy atom. The van der Waals surface area contributed by atoms with Gasteiger partial charge in [0.1, 0.15) is 5.69 Å². The standard InChI is InChI=1S/C15H15N5/c1-10-17-13-14(16)18-12(19-15(13)20(10)2)9-8-11-6-4-3-5-7-11/h3-7,10,17H,1-2H3,(H2,16,18,19). The van der Waals surface area contributed by atoms with Crippen molar-refractivity contribution in [3.05, 3.63) is 41.7 Å². The fraction of sp³-hybridized carbons (Fsp3) is 0.200. The minimum Gasteiger partial charge on any atom is -0.382 e. The maximum atomic E-state index is 5.96. The number of fused-ring (bicyclic) bond motifs is 1. The third kappa shape index (κ3) is 2.12. The number of nitrogens with two attached hydrogens (primary N) is 1. The number of benzene rings is 1. The van der Waals surface area contributed by atoms with Crippen molar-refractivity contribution in [2.24, 2.45) is 0 Å². The van der Waals surface area contributed by atoms with Crippen LogP contribution in [0.2, 0.25) is 0 Å². The summed E-state index contributed by atoms with van der Waals surface area (Å²) in [6, 6.07) is 9.73. The Kier molecular flexibility index (Phi) is 2.92. The first-order chi connectivity index (χ1) is 9.65. The maximum absolute atomic E-state index is 5.96. The molecule has 100 valence electrons. The summed E-state index contributed by atoms with van der Waals surface area (Å²) in [5.41, 5.74) is 7.67. The Labute approximate surface area is 117 Å². The lowest BCUT2D eigenvalue weighted by Crippen LogP contribution is -2.28. The second-order valence-electron chi connectivity index (χ2n) is 4.68. The van der Waals surface area contributed by atoms with Crippen molar-refractivity contribution in [1.29, 1.82) is 0 Å². The molecule has 1 aliphatic heterocycles. The second kappa shape index (κ2) is 4.74. The zero-order valence-corrected chi connectivity index (χ0v) is 11.4. The number of anilines is 3. The molecule has 20 heavy (non-hydrogen) atoms. The van der Waals surface area contributed by atoms with E-state index in [2.05, 4.69) is 27.1 Å². The molecule has 2 heterocycles. The molecule has 0 spiro atoms. The van der Waals surface area contributed by atoms with E-state index in [1.165, 1.54) is 0 Å². The number of nitrogens with one attached hydrogen (secondary N) is 1. The van der Waals surface area contributed by atoms with E-state index < -0.39 is 0 Å². The van der Waals surface area contributed by atoms with Crippen molar-refractivity contribution >= 4 is 17.3 Å². The number of nitrogen functional groups attached to an aromatic ring is 1. The van der Waals surface area contributed by atoms with Crippen molar-refractivity contribution in [2.45, 2.75) is 13.1 Å². The fourth-order valence-electron chi connectivity index (χ4n) is 2.05. The van der Waals surface area contributed by atoms with Crippen LogP contribution < -0.4 is 16.0 Å². The van der Waals surface area contributed by atoms with Gasteiger partial charge in [0, 0.05) is 12.6 Å². The summed E-state index contributed by atoms with van der Waals surface area (Å²) >= 11 is 0. The average Bonchev–Trinajstić information content (AvgIpc) is 2.75. The van der Waals surface area contributed by atoms with Crippen LogP contribution in [0.15, 0.2) is 30.3 Å². The second-order valence-corrected chi connectivity index (χ2v) is 4.68. The van der Waals surface area contributed by atoms with Gasteiger partial charge in [0.05, 0.1) is 6.17 Å². The normalized spacial score (nSPS) is 16.1. The lowest BCUT2D eigenvalue weighted by atomic mass is 10.2. The fourth-order valence-corrected chi connectivity index (χ4v) is 2.05. The summed E-state index contributed by atoms with van der Waals surface area (Å²) in [5, 5.41) is 3.24. The average molecular weight is 265 g/mol. The number of nitrogens with zero attached hydrogens (tertiary/aromatic N) is 3. The van der Waals surface area contributed by atoms with Crippen molar-refractivity contribution < 1.29 is 0 Å². The van der Waals surface area contributed by atoms with E-state index in [9.17, 15) is 0 Å². The molecule has 0 fully saturated rings. The summed E-state index contributed by atoms with van der Waals surface area (Å²) in [4.78, 5) is 10.7. The zero-order chi connectivity index (χ0) is 14.1. The van der Waals surface area contributed by atoms with Gasteiger partial charge in [-0.2, -0.15) is 0 Å². The van der Waals surface area contributed by atoms with Crippen LogP contribution in [0.5, 0.6) is 0 Å². The highest BCUT2D eigenvalue weighted by Gasteiger charge is 2.26. The van der Waals surface area contributed by atoms with Crippen LogP contribution in [0.1, 0.15) is 18.3 Å². The molecule has 1 aromatic carbocycles. The van der Waals surface area contributed by atoms with E-state index >= 15 is 0 Å². The predicted molar refractivity (Wildman–Crippen MR) is 80.4 cm³/mol. The van der Waals surface area contributed by atoms with Crippen LogP contribution in [0.3, 0.4) is 0 Å². The molecule has 1 unspecified atom stereocenters. The quantitative estimate of drug-likeness (QED) is 0.709. The van der Waals surface area contributed by atoms with Gasteiger partial charge >= 0.3 is 0 Å². The highest BCUT2D eigenvalue weighted by atomic mass is 15.4. The SMILES string of the molecule is CC1Nc2c(N)nc(C#Cc3ccccc3)nc2N1C. The van der Waals surface area contributed by atoms with Crippen molar-refractivity contribution in [1.82, 2.24) is 9.97 Å². The van der Waals surface area contributed by atoms with Crippen LogP contribution in [0.4, 0.5) is 17.3 Å². The summed E-state index contributed by atoms with van der Waals surface area (Å²) in [6.07, 6.45) is 0.152. The van der Waals surface area contributed by atoms with Crippen LogP contribution in [-0.2, 0) is 0 Å². The maximum Gasteiger partial charge on any atom is 0.209 e. The number of aromatic nitrogens is 2. The summed E-state index contributed by atoms with van der Waals surface area (Å²) in [5.74, 6) is 7.66. The summed E-state index contributed by atoms with van der Waals surface area (Å²) in [6.45, 7) is 2.04. The summed E-state index contributed by atoms with van der Waals surface area (Å²) in [7, 11) is 1.96. The number of rotatable bonds is 0. The highest BCUT2D eigenvalue weighted by molar-refractivity contribution is 5.81. The van der Waals surface area contributed by atoms with Gasteiger partial charge in [-0.3, -0.25) is 0 Å². The topological polar surface area (TPSA) is 67.1 Å². The van der Waals surface area contributed by atoms with E-state index in [1.807, 2.05) is 49.2 Å². The van der Waals surface area contributed by atoms with Crippen LogP contribution >= 0.6 is 0 Å². The molecule has 0 radical (unpaired) electrons. The molecule has 0 amide bonds. The van der Waals surface area contributed by atoms with Gasteiger partial charge in [-0.15, -0.1) is 0 Å². The molecule has 0 saturated carbocycles. The molecule has 1 atom stereocenters. The Morgan fingerprint density at radius 3 is 2.70 bits per heavy atom. The molecule has 3 rings (SSSR count). The Bertz CT molecular complexity index is 699. The Balaban J connectivity index is 1.98. The van der Waals surface area contributed by atoms with E-state index in [1.54, 1.807) is 0 Å². The molecule has 5 nitrogen and oxygen atoms in total. The minimum atomic E-state index is 0.152. The highest BCUT2D eigenvalue weighted by Crippen LogP contribution is 2.34. The van der Waals surface area contributed by atoms with Gasteiger partial charge in [-0.05, 0) is 25.0 Å². The van der Waals surface area contributed by atoms with Crippen LogP contribution in [-0.4, -0.2) is 23.2 Å². The van der Waals surface area contributed by atoms with Crippen molar-refractivity contribution in [3.63, 3.8) is 0 Å². The molecule has 0 saturated heterocycles. The lowest BCUT2D eigenvalue weighted by molar-refractivity contribution is 0.797. The molecule has 5 heteroatoms. The monoisotopic (exact) mass is 265 g/mol. The van der Waals surface area contributed by atoms with Crippen molar-refractivity contribution in [3.8, 4) is 11.8 Å². The largest absolute Gasteiger partial charge is 0.382 e. The molecule has 1 aromatic heterocycles. The van der Waals surface area contributed by atoms with E-state index in [0.717, 1.165) is 17.1 Å². The molecule has 1 aliphatic rings. The lowest BCUT2D eigenvalue weighted by Gasteiger charge is -2.15. The molecular weight excluding hydrogens is 250 g/mol. The van der Waals surface area contributed by atoms with E-state index in [-0.39, 0.29) is 6.17 Å². The molecule has 0 aliphatic carbocycles. The zero-order valence-electron chi connectivity index (χ0n) is 11.4. The number of hydrogen-bond acceptors (Lipinski definition) is 5. The first-order valence-corrected chi connectivity index (χ1v) is 6.39. The minimum absolute atomic E-state index is 0.152. The summed E-state index contributed by atoms with van der Waals surface area (Å²) < 4.78 is 0. The first-order valence-electron chi connectivity index (χ1n) is 6.39. The van der Waals surface area contributed by atoms with E-state index in [0.29, 0.717) is 11.6 Å². The predicted octanol–water partition coefficient (Wildman–Crippen LogP) is 1.67. The molecule has 2 aromatic rings. The number of hydrogen-bond donors (Lipinski definition) is 2. The Morgan fingerprint density at radius 1 is 1.20 bits per heavy atom. The van der Waals surface area contributed by atoms with Gasteiger partial charge in [0.2, 0.25) is 5.82 Å². The van der Waals surface area contributed by atoms with Crippen LogP contribution in [0.25, 0.3) is 0 Å². The molecular formula is C15H15N5.